The standard InChI is InChI=1S/C27H31N5O5/c1-26(2,3)36-24(33)31-16-18(15-29-31)21-12-17-14-28-23(30-19-8-10-20(35-7)11-9-19)13-22(17)32(21)25(34)37-27(4,5)6/h8-16H,1-7H3,(H,28,30). The van der Waals surface area contributed by atoms with E-state index in [1.165, 1.54) is 17.0 Å². The van der Waals surface area contributed by atoms with Crippen molar-refractivity contribution in [2.45, 2.75) is 52.7 Å². The predicted octanol–water partition coefficient (Wildman–Crippen LogP) is 6.22. The molecule has 0 saturated heterocycles. The van der Waals surface area contributed by atoms with E-state index in [9.17, 15) is 9.59 Å². The van der Waals surface area contributed by atoms with E-state index in [0.29, 0.717) is 28.0 Å². The number of methoxy groups -OCH3 is 1. The van der Waals surface area contributed by atoms with E-state index in [0.717, 1.165) is 16.1 Å². The van der Waals surface area contributed by atoms with Crippen LogP contribution < -0.4 is 10.1 Å². The SMILES string of the molecule is COc1ccc(Nc2cc3c(cn2)cc(-c2cnn(C(=O)OC(C)(C)C)c2)n3C(=O)OC(C)(C)C)cc1. The molecule has 3 heterocycles. The summed E-state index contributed by atoms with van der Waals surface area (Å²) in [5.74, 6) is 1.28. The average Bonchev–Trinajstić information content (AvgIpc) is 3.42. The number of ether oxygens (including phenoxy) is 3. The molecular weight excluding hydrogens is 474 g/mol. The van der Waals surface area contributed by atoms with Gasteiger partial charge in [0, 0.05) is 35.1 Å². The summed E-state index contributed by atoms with van der Waals surface area (Å²) in [7, 11) is 1.61. The van der Waals surface area contributed by atoms with Crippen LogP contribution in [0.15, 0.2) is 55.0 Å². The third kappa shape index (κ3) is 6.08. The molecule has 10 heteroatoms. The summed E-state index contributed by atoms with van der Waals surface area (Å²) in [6.45, 7) is 10.7. The molecule has 37 heavy (non-hydrogen) atoms. The Balaban J connectivity index is 1.76. The van der Waals surface area contributed by atoms with Crippen LogP contribution in [0.25, 0.3) is 22.2 Å². The van der Waals surface area contributed by atoms with E-state index in [1.54, 1.807) is 67.0 Å². The van der Waals surface area contributed by atoms with Crippen LogP contribution in [-0.2, 0) is 9.47 Å². The maximum atomic E-state index is 13.4. The Hall–Kier alpha value is -4.34. The lowest BCUT2D eigenvalue weighted by atomic mass is 10.2. The third-order valence-corrected chi connectivity index (χ3v) is 5.08. The number of rotatable bonds is 4. The summed E-state index contributed by atoms with van der Waals surface area (Å²) in [5.41, 5.74) is 1.04. The number of nitrogens with zero attached hydrogens (tertiary/aromatic N) is 4. The van der Waals surface area contributed by atoms with Crippen LogP contribution in [0.2, 0.25) is 0 Å². The highest BCUT2D eigenvalue weighted by molar-refractivity contribution is 5.97. The fourth-order valence-corrected chi connectivity index (χ4v) is 3.57. The fourth-order valence-electron chi connectivity index (χ4n) is 3.57. The molecule has 0 amide bonds. The number of hydrogen-bond acceptors (Lipinski definition) is 8. The van der Waals surface area contributed by atoms with Crippen LogP contribution in [0.4, 0.5) is 21.1 Å². The molecule has 0 bridgehead atoms. The first-order valence-electron chi connectivity index (χ1n) is 11.8. The van der Waals surface area contributed by atoms with Crippen molar-refractivity contribution < 1.29 is 23.8 Å². The molecule has 0 aliphatic rings. The van der Waals surface area contributed by atoms with Gasteiger partial charge in [0.1, 0.15) is 22.8 Å². The molecule has 0 aliphatic heterocycles. The predicted molar refractivity (Wildman–Crippen MR) is 140 cm³/mol. The second kappa shape index (κ2) is 9.61. The third-order valence-electron chi connectivity index (χ3n) is 5.08. The molecule has 1 aromatic carbocycles. The summed E-state index contributed by atoms with van der Waals surface area (Å²) in [6.07, 6.45) is 3.51. The van der Waals surface area contributed by atoms with Crippen LogP contribution in [0.1, 0.15) is 41.5 Å². The van der Waals surface area contributed by atoms with Crippen LogP contribution in [0.5, 0.6) is 5.75 Å². The Morgan fingerprint density at radius 2 is 1.54 bits per heavy atom. The van der Waals surface area contributed by atoms with Crippen molar-refractivity contribution in [2.24, 2.45) is 0 Å². The maximum Gasteiger partial charge on any atom is 0.435 e. The zero-order valence-corrected chi connectivity index (χ0v) is 22.0. The van der Waals surface area contributed by atoms with E-state index >= 15 is 0 Å². The van der Waals surface area contributed by atoms with Gasteiger partial charge < -0.3 is 19.5 Å². The van der Waals surface area contributed by atoms with Crippen molar-refractivity contribution in [1.29, 1.82) is 0 Å². The van der Waals surface area contributed by atoms with Crippen LogP contribution in [0, 0.1) is 0 Å². The van der Waals surface area contributed by atoms with Gasteiger partial charge in [-0.05, 0) is 71.9 Å². The molecular formula is C27H31N5O5. The highest BCUT2D eigenvalue weighted by Gasteiger charge is 2.25. The molecule has 0 radical (unpaired) electrons. The van der Waals surface area contributed by atoms with Gasteiger partial charge in [-0.1, -0.05) is 0 Å². The largest absolute Gasteiger partial charge is 0.497 e. The first kappa shape index (κ1) is 25.7. The molecule has 4 aromatic rings. The molecule has 10 nitrogen and oxygen atoms in total. The van der Waals surface area contributed by atoms with E-state index < -0.39 is 23.4 Å². The minimum atomic E-state index is -0.719. The molecule has 3 aromatic heterocycles. The zero-order valence-electron chi connectivity index (χ0n) is 22.0. The van der Waals surface area contributed by atoms with Gasteiger partial charge in [-0.3, -0.25) is 0 Å². The Labute approximate surface area is 215 Å². The second-order valence-electron chi connectivity index (χ2n) is 10.5. The van der Waals surface area contributed by atoms with Crippen molar-refractivity contribution in [3.63, 3.8) is 0 Å². The smallest absolute Gasteiger partial charge is 0.435 e. The maximum absolute atomic E-state index is 13.4. The number of anilines is 2. The normalized spacial score (nSPS) is 11.9. The lowest BCUT2D eigenvalue weighted by Gasteiger charge is -2.21. The fraction of sp³-hybridized carbons (Fsp3) is 0.333. The van der Waals surface area contributed by atoms with E-state index in [4.69, 9.17) is 14.2 Å². The Bertz CT molecular complexity index is 1440. The molecule has 0 atom stereocenters. The molecule has 4 rings (SSSR count). The summed E-state index contributed by atoms with van der Waals surface area (Å²) in [4.78, 5) is 30.4. The highest BCUT2D eigenvalue weighted by Crippen LogP contribution is 2.31. The monoisotopic (exact) mass is 505 g/mol. The van der Waals surface area contributed by atoms with Crippen molar-refractivity contribution in [3.8, 4) is 17.0 Å². The van der Waals surface area contributed by atoms with E-state index in [1.807, 2.05) is 24.3 Å². The molecule has 0 aliphatic carbocycles. The first-order valence-corrected chi connectivity index (χ1v) is 11.8. The van der Waals surface area contributed by atoms with Crippen molar-refractivity contribution in [2.75, 3.05) is 12.4 Å². The zero-order chi connectivity index (χ0) is 27.0. The molecule has 1 N–H and O–H groups in total. The number of benzene rings is 1. The summed E-state index contributed by atoms with van der Waals surface area (Å²) in [5, 5.41) is 8.10. The van der Waals surface area contributed by atoms with Gasteiger partial charge in [0.15, 0.2) is 0 Å². The van der Waals surface area contributed by atoms with Gasteiger partial charge in [-0.2, -0.15) is 9.78 Å². The van der Waals surface area contributed by atoms with Gasteiger partial charge >= 0.3 is 12.2 Å². The van der Waals surface area contributed by atoms with Gasteiger partial charge in [0.25, 0.3) is 0 Å². The van der Waals surface area contributed by atoms with Gasteiger partial charge in [-0.25, -0.2) is 19.1 Å². The Kier molecular flexibility index (Phi) is 6.68. The lowest BCUT2D eigenvalue weighted by Crippen LogP contribution is -2.27. The molecule has 0 spiro atoms. The van der Waals surface area contributed by atoms with Gasteiger partial charge in [0.05, 0.1) is 24.5 Å². The first-order chi connectivity index (χ1) is 17.3. The van der Waals surface area contributed by atoms with Gasteiger partial charge in [0.2, 0.25) is 0 Å². The van der Waals surface area contributed by atoms with Crippen molar-refractivity contribution >= 4 is 34.6 Å². The summed E-state index contributed by atoms with van der Waals surface area (Å²) < 4.78 is 18.9. The summed E-state index contributed by atoms with van der Waals surface area (Å²) >= 11 is 0. The van der Waals surface area contributed by atoms with Crippen molar-refractivity contribution in [1.82, 2.24) is 19.3 Å². The number of pyridine rings is 1. The highest BCUT2D eigenvalue weighted by atomic mass is 16.6. The quantitative estimate of drug-likeness (QED) is 0.348. The molecule has 0 unspecified atom stereocenters. The number of aromatic nitrogens is 4. The van der Waals surface area contributed by atoms with Crippen molar-refractivity contribution in [3.05, 3.63) is 55.0 Å². The van der Waals surface area contributed by atoms with Crippen LogP contribution in [-0.4, -0.2) is 49.8 Å². The average molecular weight is 506 g/mol. The molecule has 194 valence electrons. The minimum Gasteiger partial charge on any atom is -0.497 e. The lowest BCUT2D eigenvalue weighted by molar-refractivity contribution is 0.0512. The Morgan fingerprint density at radius 3 is 2.16 bits per heavy atom. The van der Waals surface area contributed by atoms with Gasteiger partial charge in [-0.15, -0.1) is 0 Å². The summed E-state index contributed by atoms with van der Waals surface area (Å²) in [6, 6.07) is 11.0. The number of carbonyl (C=O) groups excluding carboxylic acids is 2. The van der Waals surface area contributed by atoms with Crippen LogP contribution in [0.3, 0.4) is 0 Å². The minimum absolute atomic E-state index is 0.502. The topological polar surface area (TPSA) is 109 Å². The number of carbonyl (C=O) groups is 2. The number of hydrogen-bond donors (Lipinski definition) is 1. The Morgan fingerprint density at radius 1 is 0.892 bits per heavy atom. The number of fused-ring (bicyclic) bond motifs is 1. The second-order valence-corrected chi connectivity index (χ2v) is 10.5. The molecule has 0 fully saturated rings. The van der Waals surface area contributed by atoms with E-state index in [-0.39, 0.29) is 0 Å². The van der Waals surface area contributed by atoms with Crippen LogP contribution >= 0.6 is 0 Å². The van der Waals surface area contributed by atoms with E-state index in [2.05, 4.69) is 15.4 Å². The number of nitrogens with one attached hydrogen (secondary N) is 1. The molecule has 0 saturated carbocycles.